The minimum Gasteiger partial charge on any atom is -0.417 e. The molecule has 1 aromatic heterocycles. The van der Waals surface area contributed by atoms with Crippen molar-refractivity contribution in [1.82, 2.24) is 4.98 Å². The number of ether oxygens (including phenoxy) is 1. The van der Waals surface area contributed by atoms with Crippen LogP contribution in [0.2, 0.25) is 0 Å². The molecular formula is C7H5FNO2. The normalized spacial score (nSPS) is 12.1. The van der Waals surface area contributed by atoms with Gasteiger partial charge >= 0.3 is 6.47 Å². The van der Waals surface area contributed by atoms with Gasteiger partial charge in [0.05, 0.1) is 0 Å². The van der Waals surface area contributed by atoms with E-state index in [9.17, 15) is 9.18 Å². The predicted molar refractivity (Wildman–Crippen MR) is 34.9 cm³/mol. The zero-order chi connectivity index (χ0) is 8.10. The van der Waals surface area contributed by atoms with Crippen LogP contribution in [0.4, 0.5) is 4.39 Å². The summed E-state index contributed by atoms with van der Waals surface area (Å²) in [7, 11) is 0. The lowest BCUT2D eigenvalue weighted by atomic mass is 10.3. The van der Waals surface area contributed by atoms with Gasteiger partial charge in [-0.1, -0.05) is 6.07 Å². The van der Waals surface area contributed by atoms with E-state index in [2.05, 4.69) is 9.72 Å². The summed E-state index contributed by atoms with van der Waals surface area (Å²) in [5.74, 6) is 0. The van der Waals surface area contributed by atoms with Gasteiger partial charge in [0.2, 0.25) is 0 Å². The number of nitrogens with zero attached hydrogens (tertiary/aromatic N) is 1. The van der Waals surface area contributed by atoms with Crippen molar-refractivity contribution >= 4 is 6.47 Å². The average molecular weight is 154 g/mol. The maximum absolute atomic E-state index is 12.6. The van der Waals surface area contributed by atoms with E-state index < -0.39 is 6.36 Å². The first kappa shape index (κ1) is 7.65. The molecule has 1 aromatic rings. The van der Waals surface area contributed by atoms with Crippen molar-refractivity contribution in [2.75, 3.05) is 0 Å². The van der Waals surface area contributed by atoms with Crippen LogP contribution in [0.15, 0.2) is 24.4 Å². The number of hydrogen-bond donors (Lipinski definition) is 0. The van der Waals surface area contributed by atoms with Gasteiger partial charge < -0.3 is 4.74 Å². The lowest BCUT2D eigenvalue weighted by Crippen LogP contribution is -1.98. The van der Waals surface area contributed by atoms with E-state index in [1.165, 1.54) is 12.3 Å². The molecule has 0 bridgehead atoms. The Bertz CT molecular complexity index is 227. The Morgan fingerprint density at radius 3 is 3.00 bits per heavy atom. The van der Waals surface area contributed by atoms with Crippen LogP contribution in [0.5, 0.6) is 0 Å². The molecule has 4 heteroatoms. The van der Waals surface area contributed by atoms with Crippen LogP contribution in [0, 0.1) is 0 Å². The van der Waals surface area contributed by atoms with Gasteiger partial charge in [0.15, 0.2) is 0 Å². The van der Waals surface area contributed by atoms with E-state index >= 15 is 0 Å². The molecule has 3 nitrogen and oxygen atoms in total. The molecule has 0 aliphatic carbocycles. The third-order valence-corrected chi connectivity index (χ3v) is 1.07. The van der Waals surface area contributed by atoms with Gasteiger partial charge in [-0.15, -0.1) is 0 Å². The highest BCUT2D eigenvalue weighted by Crippen LogP contribution is 2.13. The number of pyridine rings is 1. The average Bonchev–Trinajstić information content (AvgIpc) is 2.07. The van der Waals surface area contributed by atoms with Gasteiger partial charge in [-0.25, -0.2) is 4.79 Å². The fourth-order valence-corrected chi connectivity index (χ4v) is 0.613. The standard InChI is InChI=1S/C7H5FNO2/c8-7(11-5-10)6-3-1-2-4-9-6/h1-4,7H. The van der Waals surface area contributed by atoms with Crippen molar-refractivity contribution in [2.24, 2.45) is 0 Å². The number of alkyl halides is 1. The molecule has 0 N–H and O–H groups in total. The third-order valence-electron chi connectivity index (χ3n) is 1.07. The highest BCUT2D eigenvalue weighted by atomic mass is 19.1. The first-order chi connectivity index (χ1) is 5.34. The summed E-state index contributed by atoms with van der Waals surface area (Å²) in [5, 5.41) is 0. The Hall–Kier alpha value is -1.45. The number of rotatable bonds is 3. The largest absolute Gasteiger partial charge is 0.420 e. The molecule has 57 valence electrons. The fraction of sp³-hybridized carbons (Fsp3) is 0.143. The minimum atomic E-state index is -1.81. The summed E-state index contributed by atoms with van der Waals surface area (Å²) in [6.45, 7) is 1.00. The van der Waals surface area contributed by atoms with E-state index in [1.54, 1.807) is 12.1 Å². The number of carbonyl (C=O) groups excluding carboxylic acids is 1. The monoisotopic (exact) mass is 154 g/mol. The Balaban J connectivity index is 2.68. The molecule has 11 heavy (non-hydrogen) atoms. The van der Waals surface area contributed by atoms with Crippen molar-refractivity contribution in [3.63, 3.8) is 0 Å². The van der Waals surface area contributed by atoms with Crippen LogP contribution in [-0.4, -0.2) is 11.5 Å². The van der Waals surface area contributed by atoms with Gasteiger partial charge in [-0.2, -0.15) is 4.39 Å². The van der Waals surface area contributed by atoms with E-state index in [0.29, 0.717) is 0 Å². The zero-order valence-corrected chi connectivity index (χ0v) is 5.53. The summed E-state index contributed by atoms with van der Waals surface area (Å²) in [4.78, 5) is 13.2. The van der Waals surface area contributed by atoms with E-state index in [-0.39, 0.29) is 5.69 Å². The minimum absolute atomic E-state index is 0.0656. The lowest BCUT2D eigenvalue weighted by Gasteiger charge is -2.01. The Labute approximate surface area is 62.8 Å². The quantitative estimate of drug-likeness (QED) is 0.655. The van der Waals surface area contributed by atoms with E-state index in [0.717, 1.165) is 6.47 Å². The summed E-state index contributed by atoms with van der Waals surface area (Å²) in [6, 6.07) is 4.66. The summed E-state index contributed by atoms with van der Waals surface area (Å²) < 4.78 is 16.5. The van der Waals surface area contributed by atoms with Crippen molar-refractivity contribution < 1.29 is 13.9 Å². The van der Waals surface area contributed by atoms with Crippen LogP contribution in [0.3, 0.4) is 0 Å². The molecule has 0 saturated carbocycles. The molecule has 0 amide bonds. The maximum atomic E-state index is 12.6. The second-order valence-electron chi connectivity index (χ2n) is 1.77. The molecule has 1 radical (unpaired) electrons. The van der Waals surface area contributed by atoms with Gasteiger partial charge in [0.1, 0.15) is 5.69 Å². The van der Waals surface area contributed by atoms with Crippen molar-refractivity contribution in [3.8, 4) is 0 Å². The van der Waals surface area contributed by atoms with Crippen molar-refractivity contribution in [2.45, 2.75) is 6.36 Å². The molecule has 0 aliphatic rings. The molecule has 0 aliphatic heterocycles. The number of aromatic nitrogens is 1. The zero-order valence-electron chi connectivity index (χ0n) is 5.53. The molecule has 1 heterocycles. The van der Waals surface area contributed by atoms with Crippen LogP contribution in [0.1, 0.15) is 12.1 Å². The molecular weight excluding hydrogens is 149 g/mol. The molecule has 1 rings (SSSR count). The molecule has 0 aromatic carbocycles. The molecule has 0 fully saturated rings. The maximum Gasteiger partial charge on any atom is 0.420 e. The van der Waals surface area contributed by atoms with Crippen LogP contribution in [-0.2, 0) is 9.53 Å². The Kier molecular flexibility index (Phi) is 2.54. The highest BCUT2D eigenvalue weighted by Gasteiger charge is 2.09. The molecule has 1 unspecified atom stereocenters. The second kappa shape index (κ2) is 3.65. The smallest absolute Gasteiger partial charge is 0.417 e. The van der Waals surface area contributed by atoms with Gasteiger partial charge in [-0.3, -0.25) is 4.98 Å². The summed E-state index contributed by atoms with van der Waals surface area (Å²) in [6.07, 6.45) is -0.399. The number of halogens is 1. The molecule has 0 spiro atoms. The van der Waals surface area contributed by atoms with Gasteiger partial charge in [0, 0.05) is 6.20 Å². The lowest BCUT2D eigenvalue weighted by molar-refractivity contribution is 0.0469. The van der Waals surface area contributed by atoms with Crippen LogP contribution < -0.4 is 0 Å². The van der Waals surface area contributed by atoms with Crippen LogP contribution in [0.25, 0.3) is 0 Å². The van der Waals surface area contributed by atoms with E-state index in [4.69, 9.17) is 0 Å². The first-order valence-corrected chi connectivity index (χ1v) is 2.92. The third kappa shape index (κ3) is 2.00. The summed E-state index contributed by atoms with van der Waals surface area (Å²) in [5.41, 5.74) is 0.0656. The SMILES string of the molecule is O=[C]OC(F)c1ccccn1. The van der Waals surface area contributed by atoms with Crippen molar-refractivity contribution in [3.05, 3.63) is 30.1 Å². The highest BCUT2D eigenvalue weighted by molar-refractivity contribution is 5.38. The van der Waals surface area contributed by atoms with Gasteiger partial charge in [-0.05, 0) is 12.1 Å². The van der Waals surface area contributed by atoms with Gasteiger partial charge in [0.25, 0.3) is 6.36 Å². The van der Waals surface area contributed by atoms with Crippen molar-refractivity contribution in [1.29, 1.82) is 0 Å². The Morgan fingerprint density at radius 1 is 1.64 bits per heavy atom. The predicted octanol–water partition coefficient (Wildman–Crippen LogP) is 1.13. The van der Waals surface area contributed by atoms with Crippen LogP contribution >= 0.6 is 0 Å². The fourth-order valence-electron chi connectivity index (χ4n) is 0.613. The topological polar surface area (TPSA) is 39.2 Å². The molecule has 1 atom stereocenters. The molecule has 0 saturated heterocycles. The Morgan fingerprint density at radius 2 is 2.45 bits per heavy atom. The second-order valence-corrected chi connectivity index (χ2v) is 1.77. The first-order valence-electron chi connectivity index (χ1n) is 2.92. The number of hydrogen-bond acceptors (Lipinski definition) is 3. The summed E-state index contributed by atoms with van der Waals surface area (Å²) >= 11 is 0. The van der Waals surface area contributed by atoms with E-state index in [1.807, 2.05) is 0 Å².